The zero-order chi connectivity index (χ0) is 15.2. The first-order valence-corrected chi connectivity index (χ1v) is 8.39. The molecule has 3 heteroatoms. The van der Waals surface area contributed by atoms with Crippen molar-refractivity contribution in [2.75, 3.05) is 13.2 Å². The SMILES string of the molecule is CCCCOc1ccc2c(c1)C(Cc1ccccc1)NCC2.Cl. The van der Waals surface area contributed by atoms with Gasteiger partial charge in [-0.15, -0.1) is 12.4 Å². The van der Waals surface area contributed by atoms with Crippen LogP contribution in [0.25, 0.3) is 0 Å². The highest BCUT2D eigenvalue weighted by Crippen LogP contribution is 2.29. The minimum absolute atomic E-state index is 0. The van der Waals surface area contributed by atoms with Crippen LogP contribution in [-0.4, -0.2) is 13.2 Å². The van der Waals surface area contributed by atoms with E-state index in [2.05, 4.69) is 60.8 Å². The molecule has 3 rings (SSSR count). The maximum absolute atomic E-state index is 5.88. The molecular formula is C20H26ClNO. The third-order valence-electron chi connectivity index (χ3n) is 4.33. The summed E-state index contributed by atoms with van der Waals surface area (Å²) in [4.78, 5) is 0. The van der Waals surface area contributed by atoms with Crippen molar-refractivity contribution in [3.63, 3.8) is 0 Å². The Bertz CT molecular complexity index is 600. The number of benzene rings is 2. The smallest absolute Gasteiger partial charge is 0.119 e. The summed E-state index contributed by atoms with van der Waals surface area (Å²) in [5.41, 5.74) is 4.25. The molecule has 0 saturated heterocycles. The monoisotopic (exact) mass is 331 g/mol. The van der Waals surface area contributed by atoms with Gasteiger partial charge in [-0.3, -0.25) is 0 Å². The highest BCUT2D eigenvalue weighted by atomic mass is 35.5. The number of rotatable bonds is 6. The summed E-state index contributed by atoms with van der Waals surface area (Å²) in [5, 5.41) is 3.66. The molecule has 0 radical (unpaired) electrons. The van der Waals surface area contributed by atoms with Crippen molar-refractivity contribution in [3.8, 4) is 5.75 Å². The van der Waals surface area contributed by atoms with Crippen molar-refractivity contribution < 1.29 is 4.74 Å². The summed E-state index contributed by atoms with van der Waals surface area (Å²) in [6, 6.07) is 17.7. The van der Waals surface area contributed by atoms with Gasteiger partial charge >= 0.3 is 0 Å². The van der Waals surface area contributed by atoms with Gasteiger partial charge in [-0.25, -0.2) is 0 Å². The molecule has 0 aromatic heterocycles. The minimum atomic E-state index is 0. The van der Waals surface area contributed by atoms with Crippen molar-refractivity contribution in [3.05, 3.63) is 65.2 Å². The van der Waals surface area contributed by atoms with Crippen LogP contribution in [0.4, 0.5) is 0 Å². The van der Waals surface area contributed by atoms with Gasteiger partial charge < -0.3 is 10.1 Å². The topological polar surface area (TPSA) is 21.3 Å². The molecular weight excluding hydrogens is 306 g/mol. The maximum Gasteiger partial charge on any atom is 0.119 e. The fraction of sp³-hybridized carbons (Fsp3) is 0.400. The Morgan fingerprint density at radius 1 is 1.13 bits per heavy atom. The molecule has 1 unspecified atom stereocenters. The van der Waals surface area contributed by atoms with E-state index >= 15 is 0 Å². The quantitative estimate of drug-likeness (QED) is 0.773. The van der Waals surface area contributed by atoms with Crippen LogP contribution in [0, 0.1) is 0 Å². The Labute approximate surface area is 145 Å². The molecule has 23 heavy (non-hydrogen) atoms. The van der Waals surface area contributed by atoms with Crippen LogP contribution in [0.5, 0.6) is 5.75 Å². The highest BCUT2D eigenvalue weighted by molar-refractivity contribution is 5.85. The van der Waals surface area contributed by atoms with E-state index in [9.17, 15) is 0 Å². The van der Waals surface area contributed by atoms with Gasteiger partial charge in [0.15, 0.2) is 0 Å². The second kappa shape index (κ2) is 8.95. The first-order valence-electron chi connectivity index (χ1n) is 8.39. The van der Waals surface area contributed by atoms with Crippen LogP contribution in [-0.2, 0) is 12.8 Å². The molecule has 1 atom stereocenters. The summed E-state index contributed by atoms with van der Waals surface area (Å²) in [5.74, 6) is 1.01. The molecule has 2 aromatic rings. The van der Waals surface area contributed by atoms with E-state index in [0.29, 0.717) is 6.04 Å². The first-order chi connectivity index (χ1) is 10.9. The number of unbranched alkanes of at least 4 members (excludes halogenated alkanes) is 1. The van der Waals surface area contributed by atoms with Gasteiger partial charge in [0.2, 0.25) is 0 Å². The van der Waals surface area contributed by atoms with Crippen LogP contribution in [0.15, 0.2) is 48.5 Å². The number of hydrogen-bond donors (Lipinski definition) is 1. The molecule has 1 aliphatic heterocycles. The predicted molar refractivity (Wildman–Crippen MR) is 98.7 cm³/mol. The van der Waals surface area contributed by atoms with Crippen LogP contribution < -0.4 is 10.1 Å². The Morgan fingerprint density at radius 2 is 1.96 bits per heavy atom. The average Bonchev–Trinajstić information content (AvgIpc) is 2.57. The van der Waals surface area contributed by atoms with Crippen molar-refractivity contribution in [2.45, 2.75) is 38.6 Å². The molecule has 2 aromatic carbocycles. The third-order valence-corrected chi connectivity index (χ3v) is 4.33. The summed E-state index contributed by atoms with van der Waals surface area (Å²) in [6.45, 7) is 4.06. The summed E-state index contributed by atoms with van der Waals surface area (Å²) >= 11 is 0. The maximum atomic E-state index is 5.88. The fourth-order valence-corrected chi connectivity index (χ4v) is 3.07. The van der Waals surface area contributed by atoms with E-state index in [1.54, 1.807) is 0 Å². The van der Waals surface area contributed by atoms with E-state index in [1.807, 2.05) is 0 Å². The van der Waals surface area contributed by atoms with Gasteiger partial charge in [0.1, 0.15) is 5.75 Å². The summed E-state index contributed by atoms with van der Waals surface area (Å²) in [7, 11) is 0. The Hall–Kier alpha value is -1.51. The van der Waals surface area contributed by atoms with Gasteiger partial charge in [0.25, 0.3) is 0 Å². The van der Waals surface area contributed by atoms with Crippen molar-refractivity contribution >= 4 is 12.4 Å². The fourth-order valence-electron chi connectivity index (χ4n) is 3.07. The van der Waals surface area contributed by atoms with Crippen molar-refractivity contribution in [2.24, 2.45) is 0 Å². The van der Waals surface area contributed by atoms with E-state index in [-0.39, 0.29) is 12.4 Å². The van der Waals surface area contributed by atoms with Crippen LogP contribution >= 0.6 is 12.4 Å². The Kier molecular flexibility index (Phi) is 6.94. The predicted octanol–water partition coefficient (Wildman–Crippen LogP) is 4.72. The summed E-state index contributed by atoms with van der Waals surface area (Å²) in [6.07, 6.45) is 4.42. The molecule has 0 fully saturated rings. The number of nitrogens with one attached hydrogen (secondary N) is 1. The molecule has 0 saturated carbocycles. The lowest BCUT2D eigenvalue weighted by Crippen LogP contribution is -2.31. The lowest BCUT2D eigenvalue weighted by atomic mass is 9.90. The zero-order valence-corrected chi connectivity index (χ0v) is 14.6. The standard InChI is InChI=1S/C20H25NO.ClH/c1-2-3-13-22-18-10-9-17-11-12-21-20(19(17)15-18)14-16-7-5-4-6-8-16;/h4-10,15,20-21H,2-3,11-14H2,1H3;1H. The van der Waals surface area contributed by atoms with Gasteiger partial charge in [0.05, 0.1) is 6.61 Å². The third kappa shape index (κ3) is 4.73. The number of hydrogen-bond acceptors (Lipinski definition) is 2. The molecule has 0 bridgehead atoms. The molecule has 0 aliphatic carbocycles. The molecule has 2 nitrogen and oxygen atoms in total. The number of fused-ring (bicyclic) bond motifs is 1. The van der Waals surface area contributed by atoms with Crippen LogP contribution in [0.1, 0.15) is 42.5 Å². The van der Waals surface area contributed by atoms with Crippen LogP contribution in [0.3, 0.4) is 0 Å². The van der Waals surface area contributed by atoms with E-state index in [4.69, 9.17) is 4.74 Å². The van der Waals surface area contributed by atoms with Gasteiger partial charge in [0, 0.05) is 6.04 Å². The van der Waals surface area contributed by atoms with E-state index in [0.717, 1.165) is 38.2 Å². The van der Waals surface area contributed by atoms with Gasteiger partial charge in [-0.05, 0) is 54.6 Å². The molecule has 124 valence electrons. The largest absolute Gasteiger partial charge is 0.494 e. The van der Waals surface area contributed by atoms with Crippen molar-refractivity contribution in [1.82, 2.24) is 5.32 Å². The molecule has 0 spiro atoms. The molecule has 1 aliphatic rings. The van der Waals surface area contributed by atoms with E-state index in [1.165, 1.54) is 23.1 Å². The minimum Gasteiger partial charge on any atom is -0.494 e. The van der Waals surface area contributed by atoms with E-state index < -0.39 is 0 Å². The Balaban J connectivity index is 0.00000192. The van der Waals surface area contributed by atoms with Crippen molar-refractivity contribution in [1.29, 1.82) is 0 Å². The first kappa shape index (κ1) is 17.8. The van der Waals surface area contributed by atoms with Gasteiger partial charge in [-0.1, -0.05) is 49.7 Å². The number of halogens is 1. The second-order valence-electron chi connectivity index (χ2n) is 6.01. The number of ether oxygens (including phenoxy) is 1. The second-order valence-corrected chi connectivity index (χ2v) is 6.01. The molecule has 1 heterocycles. The average molecular weight is 332 g/mol. The zero-order valence-electron chi connectivity index (χ0n) is 13.8. The lowest BCUT2D eigenvalue weighted by Gasteiger charge is -2.27. The highest BCUT2D eigenvalue weighted by Gasteiger charge is 2.20. The van der Waals surface area contributed by atoms with Gasteiger partial charge in [-0.2, -0.15) is 0 Å². The normalized spacial score (nSPS) is 16.3. The molecule has 0 amide bonds. The lowest BCUT2D eigenvalue weighted by molar-refractivity contribution is 0.308. The molecule has 1 N–H and O–H groups in total. The summed E-state index contributed by atoms with van der Waals surface area (Å²) < 4.78 is 5.88. The van der Waals surface area contributed by atoms with Crippen LogP contribution in [0.2, 0.25) is 0 Å². The Morgan fingerprint density at radius 3 is 2.74 bits per heavy atom.